The standard InChI is InChI=1S/C26H25NO5S/c1-30-21-15-17(11-13-20(21)32-16-18-7-4-3-5-8-18)12-14-23(28)27-25-24(26(29)31-2)19-9-6-10-22(19)33-25/h3-5,7-8,11-15H,6,9-10,16H2,1-2H3,(H,27,28). The molecule has 0 atom stereocenters. The van der Waals surface area contributed by atoms with E-state index in [0.717, 1.165) is 40.8 Å². The van der Waals surface area contributed by atoms with E-state index in [2.05, 4.69) is 5.32 Å². The highest BCUT2D eigenvalue weighted by molar-refractivity contribution is 7.17. The SMILES string of the molecule is COC(=O)c1c(NC(=O)C=Cc2ccc(OCc3ccccc3)c(OC)c2)sc2c1CCC2. The van der Waals surface area contributed by atoms with Gasteiger partial charge in [-0.2, -0.15) is 0 Å². The summed E-state index contributed by atoms with van der Waals surface area (Å²) in [4.78, 5) is 26.0. The van der Waals surface area contributed by atoms with E-state index < -0.39 is 5.97 Å². The van der Waals surface area contributed by atoms with Crippen LogP contribution in [0.2, 0.25) is 0 Å². The molecule has 0 radical (unpaired) electrons. The van der Waals surface area contributed by atoms with Crippen molar-refractivity contribution in [2.75, 3.05) is 19.5 Å². The lowest BCUT2D eigenvalue weighted by Crippen LogP contribution is -2.12. The first-order valence-corrected chi connectivity index (χ1v) is 11.5. The second-order valence-corrected chi connectivity index (χ2v) is 8.67. The van der Waals surface area contributed by atoms with Crippen LogP contribution >= 0.6 is 11.3 Å². The minimum absolute atomic E-state index is 0.316. The Hall–Kier alpha value is -3.58. The maximum atomic E-state index is 12.6. The number of hydrogen-bond donors (Lipinski definition) is 1. The lowest BCUT2D eigenvalue weighted by atomic mass is 10.1. The van der Waals surface area contributed by atoms with E-state index in [0.29, 0.717) is 28.7 Å². The number of methoxy groups -OCH3 is 2. The predicted octanol–water partition coefficient (Wildman–Crippen LogP) is 5.26. The van der Waals surface area contributed by atoms with Crippen molar-refractivity contribution in [3.05, 3.63) is 81.7 Å². The highest BCUT2D eigenvalue weighted by atomic mass is 32.1. The summed E-state index contributed by atoms with van der Waals surface area (Å²) in [5, 5.41) is 3.38. The number of fused-ring (bicyclic) bond motifs is 1. The highest BCUT2D eigenvalue weighted by Gasteiger charge is 2.27. The van der Waals surface area contributed by atoms with Crippen LogP contribution in [0.3, 0.4) is 0 Å². The number of carbonyl (C=O) groups is 2. The molecule has 7 heteroatoms. The molecular weight excluding hydrogens is 438 g/mol. The Labute approximate surface area is 196 Å². The molecule has 0 saturated carbocycles. The zero-order valence-electron chi connectivity index (χ0n) is 18.6. The lowest BCUT2D eigenvalue weighted by molar-refractivity contribution is -0.111. The highest BCUT2D eigenvalue weighted by Crippen LogP contribution is 2.39. The maximum Gasteiger partial charge on any atom is 0.341 e. The maximum absolute atomic E-state index is 12.6. The number of anilines is 1. The van der Waals surface area contributed by atoms with Crippen molar-refractivity contribution in [1.82, 2.24) is 0 Å². The van der Waals surface area contributed by atoms with Gasteiger partial charge in [-0.15, -0.1) is 11.3 Å². The molecule has 0 fully saturated rings. The monoisotopic (exact) mass is 463 g/mol. The molecule has 33 heavy (non-hydrogen) atoms. The van der Waals surface area contributed by atoms with Gasteiger partial charge in [-0.25, -0.2) is 4.79 Å². The van der Waals surface area contributed by atoms with Crippen molar-refractivity contribution in [3.63, 3.8) is 0 Å². The number of nitrogens with one attached hydrogen (secondary N) is 1. The van der Waals surface area contributed by atoms with Crippen molar-refractivity contribution in [2.45, 2.75) is 25.9 Å². The first kappa shape index (κ1) is 22.6. The molecule has 0 unspecified atom stereocenters. The average molecular weight is 464 g/mol. The van der Waals surface area contributed by atoms with Crippen LogP contribution < -0.4 is 14.8 Å². The second kappa shape index (κ2) is 10.4. The fraction of sp³-hybridized carbons (Fsp3) is 0.231. The predicted molar refractivity (Wildman–Crippen MR) is 129 cm³/mol. The van der Waals surface area contributed by atoms with Gasteiger partial charge < -0.3 is 19.5 Å². The number of rotatable bonds is 8. The number of amides is 1. The fourth-order valence-electron chi connectivity index (χ4n) is 3.78. The van der Waals surface area contributed by atoms with E-state index in [9.17, 15) is 9.59 Å². The molecule has 0 saturated heterocycles. The lowest BCUT2D eigenvalue weighted by Gasteiger charge is -2.11. The number of esters is 1. The van der Waals surface area contributed by atoms with Crippen LogP contribution in [0.4, 0.5) is 5.00 Å². The fourth-order valence-corrected chi connectivity index (χ4v) is 5.06. The van der Waals surface area contributed by atoms with Gasteiger partial charge in [-0.3, -0.25) is 4.79 Å². The third-order valence-electron chi connectivity index (χ3n) is 5.40. The number of aryl methyl sites for hydroxylation is 1. The third-order valence-corrected chi connectivity index (χ3v) is 6.61. The summed E-state index contributed by atoms with van der Waals surface area (Å²) in [6.07, 6.45) is 5.91. The summed E-state index contributed by atoms with van der Waals surface area (Å²) in [7, 11) is 2.93. The number of thiophene rings is 1. The van der Waals surface area contributed by atoms with Crippen LogP contribution in [-0.2, 0) is 29.0 Å². The number of carbonyl (C=O) groups excluding carboxylic acids is 2. The summed E-state index contributed by atoms with van der Waals surface area (Å²) >= 11 is 1.45. The van der Waals surface area contributed by atoms with Crippen LogP contribution in [0.1, 0.15) is 38.3 Å². The van der Waals surface area contributed by atoms with Gasteiger partial charge in [0.05, 0.1) is 19.8 Å². The summed E-state index contributed by atoms with van der Waals surface area (Å²) < 4.78 is 16.3. The molecule has 1 aliphatic rings. The molecular formula is C26H25NO5S. The number of ether oxygens (including phenoxy) is 3. The van der Waals surface area contributed by atoms with E-state index in [-0.39, 0.29) is 5.91 Å². The summed E-state index contributed by atoms with van der Waals surface area (Å²) in [6, 6.07) is 15.4. The Balaban J connectivity index is 1.44. The van der Waals surface area contributed by atoms with Crippen LogP contribution in [0.5, 0.6) is 11.5 Å². The Kier molecular flexibility index (Phi) is 7.10. The molecule has 1 aliphatic carbocycles. The van der Waals surface area contributed by atoms with Gasteiger partial charge in [0.25, 0.3) is 0 Å². The van der Waals surface area contributed by atoms with Crippen molar-refractivity contribution in [3.8, 4) is 11.5 Å². The zero-order valence-corrected chi connectivity index (χ0v) is 19.4. The van der Waals surface area contributed by atoms with Gasteiger partial charge in [0, 0.05) is 11.0 Å². The minimum Gasteiger partial charge on any atom is -0.493 e. The first-order chi connectivity index (χ1) is 16.1. The van der Waals surface area contributed by atoms with E-state index in [1.54, 1.807) is 13.2 Å². The van der Waals surface area contributed by atoms with Crippen LogP contribution in [0, 0.1) is 0 Å². The van der Waals surface area contributed by atoms with Gasteiger partial charge in [-0.05, 0) is 54.2 Å². The van der Waals surface area contributed by atoms with E-state index in [4.69, 9.17) is 14.2 Å². The largest absolute Gasteiger partial charge is 0.493 e. The molecule has 170 valence electrons. The van der Waals surface area contributed by atoms with Crippen LogP contribution in [0.25, 0.3) is 6.08 Å². The number of hydrogen-bond acceptors (Lipinski definition) is 6. The molecule has 1 heterocycles. The molecule has 0 spiro atoms. The number of benzene rings is 2. The molecule has 1 amide bonds. The topological polar surface area (TPSA) is 73.9 Å². The molecule has 0 aliphatic heterocycles. The first-order valence-electron chi connectivity index (χ1n) is 10.7. The Morgan fingerprint density at radius 1 is 1.06 bits per heavy atom. The molecule has 6 nitrogen and oxygen atoms in total. The van der Waals surface area contributed by atoms with Crippen molar-refractivity contribution < 1.29 is 23.8 Å². The van der Waals surface area contributed by atoms with E-state index >= 15 is 0 Å². The normalized spacial score (nSPS) is 12.4. The summed E-state index contributed by atoms with van der Waals surface area (Å²) in [5.74, 6) is 0.475. The van der Waals surface area contributed by atoms with Crippen LogP contribution in [-0.4, -0.2) is 26.1 Å². The molecule has 1 N–H and O–H groups in total. The van der Waals surface area contributed by atoms with Gasteiger partial charge in [0.2, 0.25) is 5.91 Å². The molecule has 4 rings (SSSR count). The summed E-state index contributed by atoms with van der Waals surface area (Å²) in [6.45, 7) is 0.433. The third kappa shape index (κ3) is 5.26. The quantitative estimate of drug-likeness (QED) is 0.364. The van der Waals surface area contributed by atoms with Crippen molar-refractivity contribution in [1.29, 1.82) is 0 Å². The molecule has 1 aromatic heterocycles. The summed E-state index contributed by atoms with van der Waals surface area (Å²) in [5.41, 5.74) is 3.34. The molecule has 3 aromatic rings. The molecule has 2 aromatic carbocycles. The van der Waals surface area contributed by atoms with Crippen molar-refractivity contribution in [2.24, 2.45) is 0 Å². The van der Waals surface area contributed by atoms with E-state index in [1.165, 1.54) is 24.5 Å². The Morgan fingerprint density at radius 2 is 1.88 bits per heavy atom. The van der Waals surface area contributed by atoms with Crippen molar-refractivity contribution >= 4 is 34.3 Å². The molecule has 0 bridgehead atoms. The van der Waals surface area contributed by atoms with Gasteiger partial charge in [0.15, 0.2) is 11.5 Å². The average Bonchev–Trinajstić information content (AvgIpc) is 3.42. The zero-order chi connectivity index (χ0) is 23.2. The Morgan fingerprint density at radius 3 is 2.64 bits per heavy atom. The minimum atomic E-state index is -0.412. The smallest absolute Gasteiger partial charge is 0.341 e. The van der Waals surface area contributed by atoms with Gasteiger partial charge in [-0.1, -0.05) is 36.4 Å². The van der Waals surface area contributed by atoms with Crippen LogP contribution in [0.15, 0.2) is 54.6 Å². The van der Waals surface area contributed by atoms with Gasteiger partial charge >= 0.3 is 5.97 Å². The second-order valence-electron chi connectivity index (χ2n) is 7.56. The Bertz CT molecular complexity index is 1180. The van der Waals surface area contributed by atoms with E-state index in [1.807, 2.05) is 48.5 Å². The van der Waals surface area contributed by atoms with Gasteiger partial charge in [0.1, 0.15) is 11.6 Å².